The van der Waals surface area contributed by atoms with Crippen molar-refractivity contribution < 1.29 is 0 Å². The highest BCUT2D eigenvalue weighted by Gasteiger charge is 2.39. The second kappa shape index (κ2) is 29.7. The predicted octanol–water partition coefficient (Wildman–Crippen LogP) is 32.8. The van der Waals surface area contributed by atoms with E-state index in [0.29, 0.717) is 0 Å². The van der Waals surface area contributed by atoms with Gasteiger partial charge < -0.3 is 18.9 Å². The Morgan fingerprint density at radius 3 is 0.879 bits per heavy atom. The maximum Gasteiger partial charge on any atom is 0.0541 e. The van der Waals surface area contributed by atoms with E-state index in [2.05, 4.69) is 496 Å². The summed E-state index contributed by atoms with van der Waals surface area (Å²) in [5, 5.41) is 5.00. The quantitative estimate of drug-likeness (QED) is 0.0959. The Balaban J connectivity index is 0.503. The van der Waals surface area contributed by atoms with Crippen LogP contribution >= 0.6 is 0 Å². The highest BCUT2D eigenvalue weighted by atomic mass is 15.1. The van der Waals surface area contributed by atoms with Gasteiger partial charge in [-0.1, -0.05) is 331 Å². The van der Waals surface area contributed by atoms with Crippen LogP contribution in [-0.2, 0) is 10.8 Å². The number of hydrogen-bond acceptors (Lipinski definition) is 2. The van der Waals surface area contributed by atoms with E-state index >= 15 is 0 Å². The largest absolute Gasteiger partial charge is 0.311 e. The van der Waals surface area contributed by atoms with Crippen LogP contribution in [0.4, 0.5) is 34.1 Å². The molecule has 21 aromatic rings. The second-order valence-corrected chi connectivity index (χ2v) is 34.4. The number of benzene rings is 19. The first-order valence-corrected chi connectivity index (χ1v) is 43.2. The van der Waals surface area contributed by atoms with E-state index in [1.54, 1.807) is 0 Å². The fourth-order valence-corrected chi connectivity index (χ4v) is 20.2. The Kier molecular flexibility index (Phi) is 17.6. The van der Waals surface area contributed by atoms with Gasteiger partial charge in [-0.25, -0.2) is 0 Å². The summed E-state index contributed by atoms with van der Waals surface area (Å²) in [7, 11) is 0. The zero-order chi connectivity index (χ0) is 82.7. The SMILES string of the molecule is CC1(C)c2cc(-c3ccccc3)ccc2-c2ccc(N(c3ccc(-c4ccc(-c5ccc6c(c5)c5ccccc5n6-c5ccccc5)cc4)cc3)c3ccc(-c4ccc(-c5cccc6c5C(C)(C)c5cc(-c7ccc(N(c8ccccc8)c8ccc(-c9ccc(-c%10ccc%11c(c%10)c%10ccccc%10n%11-c%10ccccc%10)cc9)cc8)cc7)ccc5-6)cc4)cc3)cc21. The summed E-state index contributed by atoms with van der Waals surface area (Å²) in [6, 6.07) is 166. The molecule has 2 aliphatic carbocycles. The van der Waals surface area contributed by atoms with Crippen molar-refractivity contribution in [2.45, 2.75) is 38.5 Å². The molecule has 0 saturated heterocycles. The number of aromatic nitrogens is 2. The third kappa shape index (κ3) is 12.5. The molecule has 124 heavy (non-hydrogen) atoms. The molecule has 0 fully saturated rings. The minimum absolute atomic E-state index is 0.232. The minimum Gasteiger partial charge on any atom is -0.311 e. The summed E-state index contributed by atoms with van der Waals surface area (Å²) in [5.41, 5.74) is 43.0. The summed E-state index contributed by atoms with van der Waals surface area (Å²) < 4.78 is 4.75. The van der Waals surface area contributed by atoms with Crippen molar-refractivity contribution in [2.75, 3.05) is 9.80 Å². The van der Waals surface area contributed by atoms with Crippen molar-refractivity contribution in [2.24, 2.45) is 0 Å². The molecule has 2 aromatic heterocycles. The van der Waals surface area contributed by atoms with Gasteiger partial charge in [0.2, 0.25) is 0 Å². The third-order valence-corrected chi connectivity index (χ3v) is 26.6. The zero-order valence-electron chi connectivity index (χ0n) is 69.5. The van der Waals surface area contributed by atoms with Gasteiger partial charge in [-0.05, 0) is 279 Å². The van der Waals surface area contributed by atoms with E-state index in [1.807, 2.05) is 0 Å². The summed E-state index contributed by atoms with van der Waals surface area (Å²) in [4.78, 5) is 4.79. The van der Waals surface area contributed by atoms with Gasteiger partial charge in [-0.15, -0.1) is 0 Å². The summed E-state index contributed by atoms with van der Waals surface area (Å²) in [5.74, 6) is 0. The molecule has 0 radical (unpaired) electrons. The lowest BCUT2D eigenvalue weighted by atomic mass is 9.78. The Bertz CT molecular complexity index is 7680. The first kappa shape index (κ1) is 73.5. The number of hydrogen-bond donors (Lipinski definition) is 0. The molecule has 0 amide bonds. The molecular weight excluding hydrogens is 1500 g/mol. The van der Waals surface area contributed by atoms with Crippen LogP contribution in [0, 0.1) is 0 Å². The maximum atomic E-state index is 2.45. The van der Waals surface area contributed by atoms with Gasteiger partial charge in [0.05, 0.1) is 22.1 Å². The predicted molar refractivity (Wildman–Crippen MR) is 523 cm³/mol. The summed E-state index contributed by atoms with van der Waals surface area (Å²) in [6.07, 6.45) is 0. The van der Waals surface area contributed by atoms with Crippen LogP contribution < -0.4 is 9.80 Å². The number of nitrogens with zero attached hydrogens (tertiary/aromatic N) is 4. The Hall–Kier alpha value is -15.6. The highest BCUT2D eigenvalue weighted by molar-refractivity contribution is 6.12. The van der Waals surface area contributed by atoms with Gasteiger partial charge >= 0.3 is 0 Å². The number of anilines is 6. The molecule has 19 aromatic carbocycles. The number of rotatable bonds is 16. The topological polar surface area (TPSA) is 16.3 Å². The smallest absolute Gasteiger partial charge is 0.0541 e. The van der Waals surface area contributed by atoms with Gasteiger partial charge in [0.1, 0.15) is 0 Å². The van der Waals surface area contributed by atoms with Gasteiger partial charge in [-0.2, -0.15) is 0 Å². The van der Waals surface area contributed by atoms with Crippen LogP contribution in [0.1, 0.15) is 49.9 Å². The Morgan fingerprint density at radius 1 is 0.169 bits per heavy atom. The molecular formula is C120H86N4. The second-order valence-electron chi connectivity index (χ2n) is 34.4. The van der Waals surface area contributed by atoms with E-state index in [0.717, 1.165) is 50.9 Å². The average molecular weight is 1580 g/mol. The fraction of sp³-hybridized carbons (Fsp3) is 0.0500. The van der Waals surface area contributed by atoms with Crippen LogP contribution in [0.25, 0.3) is 166 Å². The summed E-state index contributed by atoms with van der Waals surface area (Å²) in [6.45, 7) is 9.59. The molecule has 0 spiro atoms. The van der Waals surface area contributed by atoms with Crippen molar-refractivity contribution in [3.63, 3.8) is 0 Å². The van der Waals surface area contributed by atoms with E-state index in [9.17, 15) is 0 Å². The number of para-hydroxylation sites is 5. The molecule has 2 heterocycles. The molecule has 2 aliphatic rings. The Morgan fingerprint density at radius 2 is 0.444 bits per heavy atom. The van der Waals surface area contributed by atoms with Gasteiger partial charge in [-0.3, -0.25) is 0 Å². The first-order chi connectivity index (χ1) is 61.0. The van der Waals surface area contributed by atoms with Crippen molar-refractivity contribution in [3.05, 3.63) is 471 Å². The molecule has 0 atom stereocenters. The van der Waals surface area contributed by atoms with E-state index < -0.39 is 0 Å². The molecule has 0 N–H and O–H groups in total. The minimum atomic E-state index is -0.265. The molecule has 4 nitrogen and oxygen atoms in total. The van der Waals surface area contributed by atoms with Gasteiger partial charge in [0.15, 0.2) is 0 Å². The normalized spacial score (nSPS) is 12.8. The third-order valence-electron chi connectivity index (χ3n) is 26.6. The molecule has 0 bridgehead atoms. The maximum absolute atomic E-state index is 2.45. The van der Waals surface area contributed by atoms with Gasteiger partial charge in [0.25, 0.3) is 0 Å². The molecule has 586 valence electrons. The fourth-order valence-electron chi connectivity index (χ4n) is 20.2. The summed E-state index contributed by atoms with van der Waals surface area (Å²) >= 11 is 0. The van der Waals surface area contributed by atoms with Crippen molar-refractivity contribution >= 4 is 77.7 Å². The lowest BCUT2D eigenvalue weighted by molar-refractivity contribution is 0.660. The van der Waals surface area contributed by atoms with Crippen LogP contribution in [0.2, 0.25) is 0 Å². The van der Waals surface area contributed by atoms with Crippen LogP contribution in [0.15, 0.2) is 449 Å². The number of fused-ring (bicyclic) bond motifs is 12. The van der Waals surface area contributed by atoms with E-state index in [4.69, 9.17) is 0 Å². The van der Waals surface area contributed by atoms with E-state index in [1.165, 1.54) is 172 Å². The lowest BCUT2D eigenvalue weighted by Crippen LogP contribution is -2.16. The Labute approximate surface area is 724 Å². The average Bonchev–Trinajstić information content (AvgIpc) is 1.56. The molecule has 0 unspecified atom stereocenters. The van der Waals surface area contributed by atoms with Crippen LogP contribution in [0.5, 0.6) is 0 Å². The molecule has 0 aliphatic heterocycles. The van der Waals surface area contributed by atoms with E-state index in [-0.39, 0.29) is 10.8 Å². The monoisotopic (exact) mass is 1580 g/mol. The van der Waals surface area contributed by atoms with Crippen molar-refractivity contribution in [3.8, 4) is 123 Å². The first-order valence-electron chi connectivity index (χ1n) is 43.2. The standard InChI is InChI=1S/C120H86N4/c1-119(2)111-76-92(79-22-9-5-10-23-79)56-69-103(111)104-71-68-101(78-113(104)119)122(99-62-50-84(51-63-99)81-38-42-87(43-39-81)91-59-73-117-110(75-91)107-31-18-20-35-115(107)124(117)96-28-15-8-16-29-96)100-64-52-85(53-65-100)82-44-46-89(47-45-82)102-32-21-33-108-105-70-57-93(77-112(105)120(3,4)118(102)108)88-54-66-98(67-55-88)121(94-24-11-6-12-25-94)97-60-48-83(49-61-97)80-36-40-86(41-37-80)90-58-72-116-109(74-90)106-30-17-19-34-114(106)123(116)95-26-13-7-14-27-95/h5-78H,1-4H3. The highest BCUT2D eigenvalue weighted by Crippen LogP contribution is 2.55. The molecule has 0 saturated carbocycles. The zero-order valence-corrected chi connectivity index (χ0v) is 69.5. The lowest BCUT2D eigenvalue weighted by Gasteiger charge is -2.28. The van der Waals surface area contributed by atoms with Gasteiger partial charge in [0, 0.05) is 77.9 Å². The molecule has 4 heteroatoms. The van der Waals surface area contributed by atoms with Crippen LogP contribution in [-0.4, -0.2) is 9.13 Å². The van der Waals surface area contributed by atoms with Crippen molar-refractivity contribution in [1.82, 2.24) is 9.13 Å². The van der Waals surface area contributed by atoms with Crippen LogP contribution in [0.3, 0.4) is 0 Å². The van der Waals surface area contributed by atoms with Crippen molar-refractivity contribution in [1.29, 1.82) is 0 Å². The molecule has 23 rings (SSSR count).